The Morgan fingerprint density at radius 1 is 1.10 bits per heavy atom. The molecule has 0 radical (unpaired) electrons. The van der Waals surface area contributed by atoms with E-state index in [-0.39, 0.29) is 36.6 Å². The summed E-state index contributed by atoms with van der Waals surface area (Å²) in [5.41, 5.74) is 0. The fraction of sp³-hybridized carbons (Fsp3) is 0.933. The van der Waals surface area contributed by atoms with Crippen LogP contribution in [0, 0.1) is 5.92 Å². The van der Waals surface area contributed by atoms with E-state index < -0.39 is 0 Å². The lowest BCUT2D eigenvalue weighted by atomic mass is 9.99. The van der Waals surface area contributed by atoms with Gasteiger partial charge in [0.2, 0.25) is 5.91 Å². The van der Waals surface area contributed by atoms with Crippen LogP contribution >= 0.6 is 24.8 Å². The van der Waals surface area contributed by atoms with E-state index in [9.17, 15) is 4.79 Å². The molecular formula is C15H31Cl2N3O. The maximum atomic E-state index is 11.9. The molecule has 6 heteroatoms. The molecule has 0 aromatic rings. The van der Waals surface area contributed by atoms with Gasteiger partial charge in [0, 0.05) is 13.1 Å². The SMILES string of the molecule is Cl.Cl.O=C(NCCCN1CCCCCC1)C1CCCNC1. The van der Waals surface area contributed by atoms with E-state index in [1.807, 2.05) is 0 Å². The minimum Gasteiger partial charge on any atom is -0.356 e. The summed E-state index contributed by atoms with van der Waals surface area (Å²) >= 11 is 0. The van der Waals surface area contributed by atoms with Gasteiger partial charge in [0.25, 0.3) is 0 Å². The Kier molecular flexibility index (Phi) is 12.5. The Hall–Kier alpha value is -0.0300. The van der Waals surface area contributed by atoms with Crippen molar-refractivity contribution in [2.24, 2.45) is 5.92 Å². The van der Waals surface area contributed by atoms with Gasteiger partial charge in [0.15, 0.2) is 0 Å². The van der Waals surface area contributed by atoms with Crippen LogP contribution in [-0.4, -0.2) is 50.1 Å². The van der Waals surface area contributed by atoms with E-state index in [0.717, 1.165) is 45.4 Å². The highest BCUT2D eigenvalue weighted by Crippen LogP contribution is 2.10. The van der Waals surface area contributed by atoms with Crippen molar-refractivity contribution in [2.45, 2.75) is 44.9 Å². The second-order valence-electron chi connectivity index (χ2n) is 5.94. The van der Waals surface area contributed by atoms with Crippen LogP contribution in [0.15, 0.2) is 0 Å². The Morgan fingerprint density at radius 2 is 1.81 bits per heavy atom. The number of rotatable bonds is 5. The molecule has 2 N–H and O–H groups in total. The van der Waals surface area contributed by atoms with E-state index in [4.69, 9.17) is 0 Å². The van der Waals surface area contributed by atoms with Gasteiger partial charge in [0.1, 0.15) is 0 Å². The quantitative estimate of drug-likeness (QED) is 0.755. The largest absolute Gasteiger partial charge is 0.356 e. The third-order valence-corrected chi connectivity index (χ3v) is 4.32. The van der Waals surface area contributed by atoms with Crippen LogP contribution in [0.1, 0.15) is 44.9 Å². The number of piperidine rings is 1. The van der Waals surface area contributed by atoms with Gasteiger partial charge >= 0.3 is 0 Å². The molecule has 1 unspecified atom stereocenters. The first-order valence-electron chi connectivity index (χ1n) is 8.07. The van der Waals surface area contributed by atoms with Gasteiger partial charge in [-0.2, -0.15) is 0 Å². The zero-order chi connectivity index (χ0) is 13.3. The summed E-state index contributed by atoms with van der Waals surface area (Å²) < 4.78 is 0. The summed E-state index contributed by atoms with van der Waals surface area (Å²) in [7, 11) is 0. The number of likely N-dealkylation sites (tertiary alicyclic amines) is 1. The van der Waals surface area contributed by atoms with Crippen LogP contribution in [-0.2, 0) is 4.79 Å². The van der Waals surface area contributed by atoms with Crippen molar-refractivity contribution < 1.29 is 4.79 Å². The number of nitrogens with one attached hydrogen (secondary N) is 2. The standard InChI is InChI=1S/C15H29N3O.2ClH/c19-15(14-7-5-8-16-13-14)17-9-6-12-18-10-3-1-2-4-11-18;;/h14,16H,1-13H2,(H,17,19);2*1H. The van der Waals surface area contributed by atoms with Gasteiger partial charge in [-0.25, -0.2) is 0 Å². The van der Waals surface area contributed by atoms with Crippen molar-refractivity contribution in [3.05, 3.63) is 0 Å². The second-order valence-corrected chi connectivity index (χ2v) is 5.94. The lowest BCUT2D eigenvalue weighted by Crippen LogP contribution is -2.41. The van der Waals surface area contributed by atoms with Gasteiger partial charge in [-0.15, -0.1) is 24.8 Å². The monoisotopic (exact) mass is 339 g/mol. The number of hydrogen-bond donors (Lipinski definition) is 2. The summed E-state index contributed by atoms with van der Waals surface area (Å²) in [6.07, 6.45) is 8.74. The number of carbonyl (C=O) groups is 1. The zero-order valence-corrected chi connectivity index (χ0v) is 14.6. The molecule has 2 rings (SSSR count). The smallest absolute Gasteiger partial charge is 0.224 e. The summed E-state index contributed by atoms with van der Waals surface area (Å²) in [4.78, 5) is 14.5. The molecule has 1 amide bonds. The highest BCUT2D eigenvalue weighted by Gasteiger charge is 2.20. The summed E-state index contributed by atoms with van der Waals surface area (Å²) in [5, 5.41) is 6.40. The number of hydrogen-bond acceptors (Lipinski definition) is 3. The number of nitrogens with zero attached hydrogens (tertiary/aromatic N) is 1. The Labute approximate surface area is 141 Å². The molecule has 2 aliphatic heterocycles. The predicted molar refractivity (Wildman–Crippen MR) is 92.6 cm³/mol. The van der Waals surface area contributed by atoms with E-state index in [2.05, 4.69) is 15.5 Å². The molecule has 0 aliphatic carbocycles. The lowest BCUT2D eigenvalue weighted by Gasteiger charge is -2.23. The molecule has 0 aromatic heterocycles. The molecular weight excluding hydrogens is 309 g/mol. The molecule has 0 aromatic carbocycles. The molecule has 21 heavy (non-hydrogen) atoms. The first-order chi connectivity index (χ1) is 9.36. The predicted octanol–water partition coefficient (Wildman–Crippen LogP) is 2.21. The van der Waals surface area contributed by atoms with Crippen LogP contribution in [0.5, 0.6) is 0 Å². The van der Waals surface area contributed by atoms with Crippen molar-refractivity contribution in [3.63, 3.8) is 0 Å². The van der Waals surface area contributed by atoms with E-state index >= 15 is 0 Å². The van der Waals surface area contributed by atoms with Crippen molar-refractivity contribution in [1.82, 2.24) is 15.5 Å². The Bertz CT molecular complexity index is 266. The third-order valence-electron chi connectivity index (χ3n) is 4.32. The minimum absolute atomic E-state index is 0. The summed E-state index contributed by atoms with van der Waals surface area (Å²) in [6.45, 7) is 6.41. The first kappa shape index (κ1) is 21.0. The van der Waals surface area contributed by atoms with Gasteiger partial charge < -0.3 is 15.5 Å². The topological polar surface area (TPSA) is 44.4 Å². The molecule has 0 spiro atoms. The van der Waals surface area contributed by atoms with E-state index in [0.29, 0.717) is 0 Å². The van der Waals surface area contributed by atoms with Crippen molar-refractivity contribution in [3.8, 4) is 0 Å². The fourth-order valence-corrected chi connectivity index (χ4v) is 3.09. The minimum atomic E-state index is 0. The maximum absolute atomic E-state index is 11.9. The highest BCUT2D eigenvalue weighted by atomic mass is 35.5. The third kappa shape index (κ3) is 8.24. The molecule has 4 nitrogen and oxygen atoms in total. The molecule has 0 bridgehead atoms. The van der Waals surface area contributed by atoms with Gasteiger partial charge in [-0.1, -0.05) is 12.8 Å². The maximum Gasteiger partial charge on any atom is 0.224 e. The number of carbonyl (C=O) groups excluding carboxylic acids is 1. The molecule has 2 saturated heterocycles. The Morgan fingerprint density at radius 3 is 2.43 bits per heavy atom. The van der Waals surface area contributed by atoms with E-state index in [1.165, 1.54) is 38.8 Å². The van der Waals surface area contributed by atoms with Crippen LogP contribution in [0.4, 0.5) is 0 Å². The van der Waals surface area contributed by atoms with Gasteiger partial charge in [0.05, 0.1) is 5.92 Å². The van der Waals surface area contributed by atoms with Crippen LogP contribution < -0.4 is 10.6 Å². The highest BCUT2D eigenvalue weighted by molar-refractivity contribution is 5.85. The van der Waals surface area contributed by atoms with Crippen LogP contribution in [0.2, 0.25) is 0 Å². The fourth-order valence-electron chi connectivity index (χ4n) is 3.09. The number of halogens is 2. The molecule has 0 saturated carbocycles. The van der Waals surface area contributed by atoms with Crippen molar-refractivity contribution in [2.75, 3.05) is 39.3 Å². The summed E-state index contributed by atoms with van der Waals surface area (Å²) in [5.74, 6) is 0.454. The second kappa shape index (κ2) is 12.5. The molecule has 1 atom stereocenters. The molecule has 2 fully saturated rings. The molecule has 2 aliphatic rings. The van der Waals surface area contributed by atoms with E-state index in [1.54, 1.807) is 0 Å². The zero-order valence-electron chi connectivity index (χ0n) is 12.9. The Balaban J connectivity index is 0.00000200. The lowest BCUT2D eigenvalue weighted by molar-refractivity contribution is -0.125. The van der Waals surface area contributed by atoms with Gasteiger partial charge in [-0.05, 0) is 58.3 Å². The summed E-state index contributed by atoms with van der Waals surface area (Å²) in [6, 6.07) is 0. The van der Waals surface area contributed by atoms with Crippen LogP contribution in [0.3, 0.4) is 0 Å². The average molecular weight is 340 g/mol. The van der Waals surface area contributed by atoms with Crippen molar-refractivity contribution >= 4 is 30.7 Å². The number of amides is 1. The van der Waals surface area contributed by atoms with Crippen LogP contribution in [0.25, 0.3) is 0 Å². The molecule has 2 heterocycles. The first-order valence-corrected chi connectivity index (χ1v) is 8.07. The van der Waals surface area contributed by atoms with Gasteiger partial charge in [-0.3, -0.25) is 4.79 Å². The van der Waals surface area contributed by atoms with Crippen molar-refractivity contribution in [1.29, 1.82) is 0 Å². The average Bonchev–Trinajstić information content (AvgIpc) is 2.73. The molecule has 126 valence electrons. The normalized spacial score (nSPS) is 23.3.